The molecule has 0 spiro atoms. The first-order valence-corrected chi connectivity index (χ1v) is 10.9. The minimum absolute atomic E-state index is 0.0212. The SMILES string of the molecule is CN(Cc1nc2c(N)nc(N)nc2[nH]c1=O)c1c(Cl)cc(C(=O)N[C@@H](CCC(=O)O)C(=O)O)cc1Cl. The molecule has 0 aliphatic rings. The van der Waals surface area contributed by atoms with Gasteiger partial charge in [-0.25, -0.2) is 9.78 Å². The molecule has 0 saturated heterocycles. The lowest BCUT2D eigenvalue weighted by Gasteiger charge is -2.22. The molecule has 36 heavy (non-hydrogen) atoms. The molecule has 3 rings (SSSR count). The molecule has 1 amide bonds. The zero-order chi connectivity index (χ0) is 26.7. The van der Waals surface area contributed by atoms with E-state index in [1.807, 2.05) is 0 Å². The van der Waals surface area contributed by atoms with Gasteiger partial charge in [0.05, 0.1) is 22.3 Å². The molecular formula is C20H20Cl2N8O6. The molecule has 2 heterocycles. The molecule has 8 N–H and O–H groups in total. The number of nitrogens with one attached hydrogen (secondary N) is 2. The summed E-state index contributed by atoms with van der Waals surface area (Å²) in [5.41, 5.74) is 11.3. The number of carboxylic acid groups (broad SMARTS) is 2. The molecule has 0 bridgehead atoms. The Morgan fingerprint density at radius 2 is 1.78 bits per heavy atom. The van der Waals surface area contributed by atoms with Gasteiger partial charge in [0.25, 0.3) is 11.5 Å². The summed E-state index contributed by atoms with van der Waals surface area (Å²) in [6.45, 7) is -0.0731. The molecule has 0 fully saturated rings. The molecule has 3 aromatic rings. The first-order chi connectivity index (χ1) is 16.9. The molecule has 0 aliphatic heterocycles. The van der Waals surface area contributed by atoms with Crippen LogP contribution in [0.2, 0.25) is 10.0 Å². The Labute approximate surface area is 212 Å². The van der Waals surface area contributed by atoms with Gasteiger partial charge >= 0.3 is 11.9 Å². The maximum Gasteiger partial charge on any atom is 0.326 e. The highest BCUT2D eigenvalue weighted by Crippen LogP contribution is 2.35. The lowest BCUT2D eigenvalue weighted by atomic mass is 10.1. The second-order valence-corrected chi connectivity index (χ2v) is 8.43. The van der Waals surface area contributed by atoms with Crippen LogP contribution in [-0.2, 0) is 16.1 Å². The van der Waals surface area contributed by atoms with Crippen molar-refractivity contribution < 1.29 is 24.6 Å². The van der Waals surface area contributed by atoms with Crippen molar-refractivity contribution in [1.82, 2.24) is 25.3 Å². The fraction of sp³-hybridized carbons (Fsp3) is 0.250. The fourth-order valence-electron chi connectivity index (χ4n) is 3.29. The molecule has 0 aliphatic carbocycles. The largest absolute Gasteiger partial charge is 0.481 e. The van der Waals surface area contributed by atoms with Gasteiger partial charge < -0.3 is 36.9 Å². The van der Waals surface area contributed by atoms with E-state index in [9.17, 15) is 24.3 Å². The van der Waals surface area contributed by atoms with Gasteiger partial charge in [-0.3, -0.25) is 14.4 Å². The van der Waals surface area contributed by atoms with Crippen LogP contribution in [0.5, 0.6) is 0 Å². The number of benzene rings is 1. The molecule has 14 nitrogen and oxygen atoms in total. The lowest BCUT2D eigenvalue weighted by molar-refractivity contribution is -0.140. The van der Waals surface area contributed by atoms with Crippen LogP contribution in [0.25, 0.3) is 11.2 Å². The summed E-state index contributed by atoms with van der Waals surface area (Å²) in [4.78, 5) is 63.1. The first kappa shape index (κ1) is 26.4. The minimum Gasteiger partial charge on any atom is -0.481 e. The zero-order valence-corrected chi connectivity index (χ0v) is 20.1. The molecule has 0 saturated carbocycles. The summed E-state index contributed by atoms with van der Waals surface area (Å²) in [6.07, 6.45) is -0.760. The van der Waals surface area contributed by atoms with E-state index in [0.717, 1.165) is 0 Å². The number of aromatic amines is 1. The van der Waals surface area contributed by atoms with Crippen LogP contribution in [0.3, 0.4) is 0 Å². The quantitative estimate of drug-likeness (QED) is 0.222. The summed E-state index contributed by atoms with van der Waals surface area (Å²) in [5, 5.41) is 20.3. The standard InChI is InChI=1S/C20H20Cl2N8O6/c1-30(6-11-18(34)28-16-13(25-11)15(23)27-20(24)29-16)14-8(21)4-7(5-9(14)22)17(33)26-10(19(35)36)2-3-12(31)32/h4-5,10H,2-3,6H2,1H3,(H,26,33)(H,31,32)(H,35,36)(H5,23,24,27,28,29,34)/t10-/m0/s1. The molecule has 0 unspecified atom stereocenters. The van der Waals surface area contributed by atoms with Crippen LogP contribution in [0, 0.1) is 0 Å². The van der Waals surface area contributed by atoms with E-state index >= 15 is 0 Å². The predicted octanol–water partition coefficient (Wildman–Crippen LogP) is 0.869. The summed E-state index contributed by atoms with van der Waals surface area (Å²) < 4.78 is 0. The highest BCUT2D eigenvalue weighted by atomic mass is 35.5. The Morgan fingerprint density at radius 1 is 1.14 bits per heavy atom. The lowest BCUT2D eigenvalue weighted by Crippen LogP contribution is -2.41. The van der Waals surface area contributed by atoms with E-state index in [4.69, 9.17) is 39.8 Å². The van der Waals surface area contributed by atoms with E-state index in [-0.39, 0.29) is 62.9 Å². The third kappa shape index (κ3) is 5.90. The number of anilines is 3. The maximum absolute atomic E-state index is 12.6. The summed E-state index contributed by atoms with van der Waals surface area (Å²) in [5.74, 6) is -3.55. The van der Waals surface area contributed by atoms with E-state index in [0.29, 0.717) is 0 Å². The van der Waals surface area contributed by atoms with Gasteiger partial charge in [0.1, 0.15) is 17.3 Å². The van der Waals surface area contributed by atoms with Crippen molar-refractivity contribution in [2.75, 3.05) is 23.4 Å². The van der Waals surface area contributed by atoms with Crippen LogP contribution in [0.1, 0.15) is 28.9 Å². The van der Waals surface area contributed by atoms with E-state index in [2.05, 4.69) is 25.3 Å². The number of carbonyl (C=O) groups is 3. The normalized spacial score (nSPS) is 11.8. The smallest absolute Gasteiger partial charge is 0.326 e. The number of nitrogens with zero attached hydrogens (tertiary/aromatic N) is 4. The Bertz CT molecular complexity index is 1410. The van der Waals surface area contributed by atoms with E-state index in [1.165, 1.54) is 17.0 Å². The van der Waals surface area contributed by atoms with Gasteiger partial charge in [-0.05, 0) is 18.6 Å². The summed E-state index contributed by atoms with van der Waals surface area (Å²) >= 11 is 12.7. The molecular weight excluding hydrogens is 519 g/mol. The number of amides is 1. The number of fused-ring (bicyclic) bond motifs is 1. The van der Waals surface area contributed by atoms with Crippen molar-refractivity contribution in [2.45, 2.75) is 25.4 Å². The van der Waals surface area contributed by atoms with E-state index < -0.39 is 35.9 Å². The molecule has 2 aromatic heterocycles. The number of nitrogen functional groups attached to an aromatic ring is 2. The monoisotopic (exact) mass is 538 g/mol. The number of hydrogen-bond donors (Lipinski definition) is 6. The van der Waals surface area contributed by atoms with Crippen LogP contribution >= 0.6 is 23.2 Å². The molecule has 1 atom stereocenters. The summed E-state index contributed by atoms with van der Waals surface area (Å²) in [7, 11) is 1.58. The Balaban J connectivity index is 1.85. The molecule has 1 aromatic carbocycles. The Hall–Kier alpha value is -4.17. The number of nitrogens with two attached hydrogens (primary N) is 2. The van der Waals surface area contributed by atoms with Crippen LogP contribution in [-0.4, -0.2) is 61.1 Å². The van der Waals surface area contributed by atoms with Gasteiger partial charge in [-0.1, -0.05) is 23.2 Å². The zero-order valence-electron chi connectivity index (χ0n) is 18.6. The fourth-order valence-corrected chi connectivity index (χ4v) is 4.07. The Morgan fingerprint density at radius 3 is 2.36 bits per heavy atom. The maximum atomic E-state index is 12.6. The third-order valence-electron chi connectivity index (χ3n) is 4.97. The van der Waals surface area contributed by atoms with Crippen molar-refractivity contribution in [3.63, 3.8) is 0 Å². The number of carbonyl (C=O) groups excluding carboxylic acids is 1. The Kier molecular flexibility index (Phi) is 7.80. The third-order valence-corrected chi connectivity index (χ3v) is 5.54. The van der Waals surface area contributed by atoms with E-state index in [1.54, 1.807) is 7.05 Å². The van der Waals surface area contributed by atoms with Crippen LogP contribution < -0.4 is 27.2 Å². The number of aliphatic carboxylic acids is 2. The highest BCUT2D eigenvalue weighted by molar-refractivity contribution is 6.39. The van der Waals surface area contributed by atoms with Crippen molar-refractivity contribution in [3.8, 4) is 0 Å². The average Bonchev–Trinajstić information content (AvgIpc) is 2.76. The van der Waals surface area contributed by atoms with Crippen LogP contribution in [0.15, 0.2) is 16.9 Å². The van der Waals surface area contributed by atoms with Crippen molar-refractivity contribution in [3.05, 3.63) is 43.8 Å². The van der Waals surface area contributed by atoms with Crippen molar-refractivity contribution in [1.29, 1.82) is 0 Å². The molecule has 0 radical (unpaired) electrons. The summed E-state index contributed by atoms with van der Waals surface area (Å²) in [6, 6.07) is 1.10. The predicted molar refractivity (Wildman–Crippen MR) is 131 cm³/mol. The van der Waals surface area contributed by atoms with Gasteiger partial charge in [0, 0.05) is 19.0 Å². The minimum atomic E-state index is -1.43. The van der Waals surface area contributed by atoms with Crippen molar-refractivity contribution >= 4 is 69.7 Å². The van der Waals surface area contributed by atoms with Gasteiger partial charge in [0.15, 0.2) is 11.5 Å². The number of carboxylic acids is 2. The second kappa shape index (κ2) is 10.6. The number of H-pyrrole nitrogens is 1. The van der Waals surface area contributed by atoms with Crippen molar-refractivity contribution in [2.24, 2.45) is 0 Å². The van der Waals surface area contributed by atoms with Gasteiger partial charge in [-0.15, -0.1) is 0 Å². The number of rotatable bonds is 9. The molecule has 190 valence electrons. The number of hydrogen-bond acceptors (Lipinski definition) is 10. The highest BCUT2D eigenvalue weighted by Gasteiger charge is 2.24. The topological polar surface area (TPSA) is 231 Å². The number of halogens is 2. The average molecular weight is 539 g/mol. The molecule has 16 heteroatoms. The number of aromatic nitrogens is 4. The van der Waals surface area contributed by atoms with Crippen LogP contribution in [0.4, 0.5) is 17.5 Å². The first-order valence-electron chi connectivity index (χ1n) is 10.1. The van der Waals surface area contributed by atoms with Gasteiger partial charge in [0.2, 0.25) is 5.95 Å². The van der Waals surface area contributed by atoms with Gasteiger partial charge in [-0.2, -0.15) is 9.97 Å². The second-order valence-electron chi connectivity index (χ2n) is 7.62.